The van der Waals surface area contributed by atoms with Crippen molar-refractivity contribution in [3.8, 4) is 28.2 Å². The zero-order valence-corrected chi connectivity index (χ0v) is 16.9. The number of para-hydroxylation sites is 1. The van der Waals surface area contributed by atoms with Gasteiger partial charge in [-0.1, -0.05) is 60.2 Å². The normalized spacial score (nSPS) is 11.1. The first-order valence-electron chi connectivity index (χ1n) is 9.94. The summed E-state index contributed by atoms with van der Waals surface area (Å²) in [5.74, 6) is 0. The molecule has 5 rings (SSSR count). The van der Waals surface area contributed by atoms with Gasteiger partial charge in [0.1, 0.15) is 5.69 Å². The smallest absolute Gasteiger partial charge is 0.153 e. The van der Waals surface area contributed by atoms with Gasteiger partial charge in [-0.2, -0.15) is 5.10 Å². The van der Waals surface area contributed by atoms with E-state index in [4.69, 9.17) is 5.10 Å². The number of hydrogen-bond donors (Lipinski definition) is 1. The first-order valence-corrected chi connectivity index (χ1v) is 9.94. The fraction of sp³-hybridized carbons (Fsp3) is 0.0769. The van der Waals surface area contributed by atoms with E-state index < -0.39 is 0 Å². The lowest BCUT2D eigenvalue weighted by Crippen LogP contribution is -1.94. The van der Waals surface area contributed by atoms with E-state index in [2.05, 4.69) is 43.1 Å². The molecule has 2 aromatic heterocycles. The summed E-state index contributed by atoms with van der Waals surface area (Å²) in [5.41, 5.74) is 8.59. The van der Waals surface area contributed by atoms with Crippen molar-refractivity contribution in [3.63, 3.8) is 0 Å². The lowest BCUT2D eigenvalue weighted by Gasteiger charge is -2.05. The number of fused-ring (bicyclic) bond motifs is 1. The van der Waals surface area contributed by atoms with Crippen molar-refractivity contribution in [1.82, 2.24) is 14.8 Å². The molecule has 3 aromatic carbocycles. The van der Waals surface area contributed by atoms with Crippen molar-refractivity contribution in [3.05, 3.63) is 95.7 Å². The monoisotopic (exact) mass is 391 g/mol. The van der Waals surface area contributed by atoms with Gasteiger partial charge < -0.3 is 4.98 Å². The van der Waals surface area contributed by atoms with Crippen LogP contribution in [0.1, 0.15) is 21.5 Å². The van der Waals surface area contributed by atoms with E-state index in [1.165, 1.54) is 11.1 Å². The Morgan fingerprint density at radius 1 is 0.933 bits per heavy atom. The highest BCUT2D eigenvalue weighted by Gasteiger charge is 2.21. The molecule has 0 fully saturated rings. The van der Waals surface area contributed by atoms with Crippen LogP contribution in [-0.4, -0.2) is 21.1 Å². The summed E-state index contributed by atoms with van der Waals surface area (Å²) >= 11 is 0. The SMILES string of the molecule is Cc1cc(C)c2[nH]c(-c3nn(-c4ccccc4)cc3C=O)c(-c3ccccc3)c2c1. The molecule has 0 aliphatic heterocycles. The first kappa shape index (κ1) is 18.1. The number of nitrogens with one attached hydrogen (secondary N) is 1. The van der Waals surface area contributed by atoms with Gasteiger partial charge in [-0.25, -0.2) is 4.68 Å². The molecular formula is C26H21N3O. The molecule has 0 radical (unpaired) electrons. The van der Waals surface area contributed by atoms with Crippen molar-refractivity contribution < 1.29 is 4.79 Å². The third-order valence-electron chi connectivity index (χ3n) is 5.44. The second-order valence-corrected chi connectivity index (χ2v) is 7.58. The molecule has 5 aromatic rings. The van der Waals surface area contributed by atoms with E-state index in [0.717, 1.165) is 39.7 Å². The molecule has 4 nitrogen and oxygen atoms in total. The van der Waals surface area contributed by atoms with Gasteiger partial charge in [0.05, 0.1) is 16.9 Å². The number of nitrogens with zero attached hydrogens (tertiary/aromatic N) is 2. The van der Waals surface area contributed by atoms with Crippen molar-refractivity contribution in [2.24, 2.45) is 0 Å². The lowest BCUT2D eigenvalue weighted by atomic mass is 9.98. The molecule has 0 spiro atoms. The Kier molecular flexibility index (Phi) is 4.32. The Morgan fingerprint density at radius 3 is 2.33 bits per heavy atom. The quantitative estimate of drug-likeness (QED) is 0.375. The Hall–Kier alpha value is -3.92. The van der Waals surface area contributed by atoms with E-state index in [9.17, 15) is 4.79 Å². The predicted octanol–water partition coefficient (Wildman–Crippen LogP) is 6.12. The maximum Gasteiger partial charge on any atom is 0.153 e. The molecule has 0 aliphatic rings. The van der Waals surface area contributed by atoms with E-state index in [1.807, 2.05) is 48.5 Å². The highest BCUT2D eigenvalue weighted by Crippen LogP contribution is 2.40. The van der Waals surface area contributed by atoms with Gasteiger partial charge in [0, 0.05) is 22.7 Å². The van der Waals surface area contributed by atoms with E-state index >= 15 is 0 Å². The molecule has 30 heavy (non-hydrogen) atoms. The van der Waals surface area contributed by atoms with E-state index in [0.29, 0.717) is 11.3 Å². The van der Waals surface area contributed by atoms with Crippen LogP contribution in [0.3, 0.4) is 0 Å². The number of rotatable bonds is 4. The Labute approximate surface area is 174 Å². The van der Waals surface area contributed by atoms with Crippen LogP contribution in [0.4, 0.5) is 0 Å². The summed E-state index contributed by atoms with van der Waals surface area (Å²) in [6.07, 6.45) is 2.66. The largest absolute Gasteiger partial charge is 0.352 e. The summed E-state index contributed by atoms with van der Waals surface area (Å²) < 4.78 is 1.76. The number of hydrogen-bond acceptors (Lipinski definition) is 2. The fourth-order valence-electron chi connectivity index (χ4n) is 4.12. The number of carbonyl (C=O) groups excluding carboxylic acids is 1. The molecule has 0 atom stereocenters. The van der Waals surface area contributed by atoms with Crippen molar-refractivity contribution in [2.45, 2.75) is 13.8 Å². The van der Waals surface area contributed by atoms with Crippen LogP contribution in [0.2, 0.25) is 0 Å². The van der Waals surface area contributed by atoms with Crippen LogP contribution in [0.5, 0.6) is 0 Å². The number of aromatic nitrogens is 3. The average Bonchev–Trinajstić information content (AvgIpc) is 3.36. The topological polar surface area (TPSA) is 50.7 Å². The summed E-state index contributed by atoms with van der Waals surface area (Å²) in [7, 11) is 0. The molecule has 0 saturated heterocycles. The third kappa shape index (κ3) is 2.94. The minimum Gasteiger partial charge on any atom is -0.352 e. The number of aryl methyl sites for hydroxylation is 2. The average molecular weight is 391 g/mol. The minimum atomic E-state index is 0.553. The number of aldehydes is 1. The second-order valence-electron chi connectivity index (χ2n) is 7.58. The molecule has 146 valence electrons. The molecule has 0 amide bonds. The second kappa shape index (κ2) is 7.16. The van der Waals surface area contributed by atoms with Gasteiger partial charge >= 0.3 is 0 Å². The third-order valence-corrected chi connectivity index (χ3v) is 5.44. The van der Waals surface area contributed by atoms with Gasteiger partial charge in [-0.3, -0.25) is 4.79 Å². The summed E-state index contributed by atoms with van der Waals surface area (Å²) in [6.45, 7) is 4.21. The van der Waals surface area contributed by atoms with Gasteiger partial charge in [0.15, 0.2) is 6.29 Å². The van der Waals surface area contributed by atoms with Crippen molar-refractivity contribution in [1.29, 1.82) is 0 Å². The molecule has 0 bridgehead atoms. The molecule has 0 saturated carbocycles. The standard InChI is InChI=1S/C26H21N3O/c1-17-13-18(2)24-22(14-17)23(19-9-5-3-6-10-19)26(27-24)25-20(16-30)15-29(28-25)21-11-7-4-8-12-21/h3-16,27H,1-2H3. The Morgan fingerprint density at radius 2 is 1.63 bits per heavy atom. The number of carbonyl (C=O) groups is 1. The fourth-order valence-corrected chi connectivity index (χ4v) is 4.12. The van der Waals surface area contributed by atoms with Gasteiger partial charge in [0.2, 0.25) is 0 Å². The lowest BCUT2D eigenvalue weighted by molar-refractivity contribution is 0.112. The summed E-state index contributed by atoms with van der Waals surface area (Å²) in [5, 5.41) is 5.95. The van der Waals surface area contributed by atoms with Crippen LogP contribution < -0.4 is 0 Å². The molecule has 4 heteroatoms. The Bertz CT molecular complexity index is 1360. The molecule has 0 unspecified atom stereocenters. The van der Waals surface area contributed by atoms with Gasteiger partial charge in [0.25, 0.3) is 0 Å². The molecule has 0 aliphatic carbocycles. The maximum atomic E-state index is 12.0. The van der Waals surface area contributed by atoms with Crippen molar-refractivity contribution in [2.75, 3.05) is 0 Å². The Balaban J connectivity index is 1.83. The summed E-state index contributed by atoms with van der Waals surface area (Å²) in [4.78, 5) is 15.5. The van der Waals surface area contributed by atoms with Crippen LogP contribution in [0, 0.1) is 13.8 Å². The van der Waals surface area contributed by atoms with Crippen LogP contribution in [0.15, 0.2) is 79.0 Å². The van der Waals surface area contributed by atoms with Crippen LogP contribution >= 0.6 is 0 Å². The zero-order chi connectivity index (χ0) is 20.7. The summed E-state index contributed by atoms with van der Waals surface area (Å²) in [6, 6.07) is 24.5. The number of benzene rings is 3. The first-order chi connectivity index (χ1) is 14.7. The molecule has 1 N–H and O–H groups in total. The molecule has 2 heterocycles. The van der Waals surface area contributed by atoms with Crippen LogP contribution in [0.25, 0.3) is 39.1 Å². The predicted molar refractivity (Wildman–Crippen MR) is 121 cm³/mol. The highest BCUT2D eigenvalue weighted by molar-refractivity contribution is 6.06. The number of aromatic amines is 1. The van der Waals surface area contributed by atoms with Crippen molar-refractivity contribution >= 4 is 17.2 Å². The minimum absolute atomic E-state index is 0.553. The maximum absolute atomic E-state index is 12.0. The highest BCUT2D eigenvalue weighted by atomic mass is 16.1. The van der Waals surface area contributed by atoms with Crippen LogP contribution in [-0.2, 0) is 0 Å². The van der Waals surface area contributed by atoms with Gasteiger partial charge in [-0.05, 0) is 43.2 Å². The van der Waals surface area contributed by atoms with Gasteiger partial charge in [-0.15, -0.1) is 0 Å². The van der Waals surface area contributed by atoms with E-state index in [-0.39, 0.29) is 0 Å². The number of H-pyrrole nitrogens is 1. The van der Waals surface area contributed by atoms with E-state index in [1.54, 1.807) is 10.9 Å². The zero-order valence-electron chi connectivity index (χ0n) is 16.9. The molecular weight excluding hydrogens is 370 g/mol.